The zero-order valence-electron chi connectivity index (χ0n) is 13.0. The molecule has 4 heteroatoms. The Morgan fingerprint density at radius 2 is 1.91 bits per heavy atom. The van der Waals surface area contributed by atoms with Crippen LogP contribution in [0.3, 0.4) is 0 Å². The molecule has 3 heterocycles. The topological polar surface area (TPSA) is 46.1 Å². The van der Waals surface area contributed by atoms with Crippen LogP contribution in [0, 0.1) is 5.92 Å². The Morgan fingerprint density at radius 1 is 1.09 bits per heavy atom. The lowest BCUT2D eigenvalue weighted by Gasteiger charge is -2.36. The van der Waals surface area contributed by atoms with E-state index in [0.29, 0.717) is 17.9 Å². The van der Waals surface area contributed by atoms with Gasteiger partial charge in [-0.05, 0) is 25.7 Å². The Hall–Kier alpha value is -2.23. The van der Waals surface area contributed by atoms with E-state index in [1.807, 2.05) is 36.5 Å². The summed E-state index contributed by atoms with van der Waals surface area (Å²) >= 11 is 0. The number of benzene rings is 1. The smallest absolute Gasteiger partial charge is 0.226 e. The number of aromatic nitrogens is 2. The van der Waals surface area contributed by atoms with Crippen molar-refractivity contribution in [2.24, 2.45) is 5.92 Å². The van der Waals surface area contributed by atoms with Crippen LogP contribution < -0.4 is 0 Å². The molecule has 2 atom stereocenters. The number of nitrogens with zero attached hydrogens (tertiary/aromatic N) is 3. The lowest BCUT2D eigenvalue weighted by Crippen LogP contribution is -2.43. The van der Waals surface area contributed by atoms with Crippen molar-refractivity contribution >= 4 is 5.91 Å². The van der Waals surface area contributed by atoms with Gasteiger partial charge in [-0.25, -0.2) is 9.97 Å². The van der Waals surface area contributed by atoms with E-state index in [2.05, 4.69) is 9.88 Å². The first-order valence-electron chi connectivity index (χ1n) is 8.54. The van der Waals surface area contributed by atoms with Crippen molar-refractivity contribution < 1.29 is 4.79 Å². The molecule has 0 spiro atoms. The third-order valence-corrected chi connectivity index (χ3v) is 5.40. The van der Waals surface area contributed by atoms with Crippen LogP contribution in [-0.2, 0) is 11.2 Å². The Kier molecular flexibility index (Phi) is 2.81. The van der Waals surface area contributed by atoms with Gasteiger partial charge < -0.3 is 4.90 Å². The summed E-state index contributed by atoms with van der Waals surface area (Å²) in [5.74, 6) is 1.46. The molecule has 1 amide bonds. The summed E-state index contributed by atoms with van der Waals surface area (Å²) in [5.41, 5.74) is 3.37. The second-order valence-corrected chi connectivity index (χ2v) is 6.93. The number of amides is 1. The highest BCUT2D eigenvalue weighted by Crippen LogP contribution is 2.46. The zero-order chi connectivity index (χ0) is 15.4. The Labute approximate surface area is 135 Å². The van der Waals surface area contributed by atoms with Gasteiger partial charge in [-0.1, -0.05) is 30.3 Å². The molecule has 1 aliphatic carbocycles. The molecule has 2 bridgehead atoms. The third-order valence-electron chi connectivity index (χ3n) is 5.40. The quantitative estimate of drug-likeness (QED) is 0.856. The molecule has 5 rings (SSSR count). The van der Waals surface area contributed by atoms with Gasteiger partial charge in [0.15, 0.2) is 5.82 Å². The van der Waals surface area contributed by atoms with Crippen molar-refractivity contribution in [2.45, 2.75) is 44.2 Å². The van der Waals surface area contributed by atoms with E-state index in [-0.39, 0.29) is 6.04 Å². The Bertz CT molecular complexity index is 769. The minimum Gasteiger partial charge on any atom is -0.332 e. The van der Waals surface area contributed by atoms with Crippen molar-refractivity contribution in [2.75, 3.05) is 0 Å². The van der Waals surface area contributed by atoms with E-state index < -0.39 is 0 Å². The van der Waals surface area contributed by atoms with E-state index in [0.717, 1.165) is 49.2 Å². The highest BCUT2D eigenvalue weighted by molar-refractivity contribution is 5.82. The molecule has 23 heavy (non-hydrogen) atoms. The summed E-state index contributed by atoms with van der Waals surface area (Å²) in [5, 5.41) is 0. The van der Waals surface area contributed by atoms with Crippen LogP contribution in [0.25, 0.3) is 11.4 Å². The molecular weight excluding hydrogens is 286 g/mol. The van der Waals surface area contributed by atoms with Gasteiger partial charge in [0.05, 0.1) is 11.7 Å². The van der Waals surface area contributed by atoms with Crippen LogP contribution in [0.1, 0.15) is 43.0 Å². The van der Waals surface area contributed by atoms with Crippen molar-refractivity contribution in [3.8, 4) is 11.4 Å². The number of carbonyl (C=O) groups is 1. The summed E-state index contributed by atoms with van der Waals surface area (Å²) in [6, 6.07) is 10.7. The molecule has 1 aromatic carbocycles. The predicted octanol–water partition coefficient (Wildman–Crippen LogP) is 3.14. The van der Waals surface area contributed by atoms with Gasteiger partial charge in [0.25, 0.3) is 0 Å². The Balaban J connectivity index is 1.52. The maximum absolute atomic E-state index is 12.6. The van der Waals surface area contributed by atoms with E-state index in [4.69, 9.17) is 4.98 Å². The van der Waals surface area contributed by atoms with Crippen molar-refractivity contribution in [3.63, 3.8) is 0 Å². The largest absolute Gasteiger partial charge is 0.332 e. The minimum atomic E-state index is 0.210. The van der Waals surface area contributed by atoms with Crippen molar-refractivity contribution in [3.05, 3.63) is 47.8 Å². The van der Waals surface area contributed by atoms with Gasteiger partial charge in [0.1, 0.15) is 0 Å². The standard InChI is InChI=1S/C19H19N3O/c23-19(13-6-7-13)22-14-8-9-17(22)15-11-20-18(21-16(15)10-14)12-4-2-1-3-5-12/h1-5,11,13-14,17H,6-10H2. The molecule has 1 saturated carbocycles. The number of fused-ring (bicyclic) bond motifs is 4. The van der Waals surface area contributed by atoms with Gasteiger partial charge in [-0.2, -0.15) is 0 Å². The first-order valence-corrected chi connectivity index (χ1v) is 8.54. The molecular formula is C19H19N3O. The first-order chi connectivity index (χ1) is 11.3. The SMILES string of the molecule is O=C(C1CC1)N1C2CCC1c1cnc(-c3ccccc3)nc1C2. The van der Waals surface area contributed by atoms with Crippen molar-refractivity contribution in [1.82, 2.24) is 14.9 Å². The molecule has 1 aromatic heterocycles. The summed E-state index contributed by atoms with van der Waals surface area (Å²) in [7, 11) is 0. The lowest BCUT2D eigenvalue weighted by molar-refractivity contribution is -0.136. The van der Waals surface area contributed by atoms with Gasteiger partial charge in [0.2, 0.25) is 5.91 Å². The lowest BCUT2D eigenvalue weighted by atomic mass is 9.98. The van der Waals surface area contributed by atoms with Crippen LogP contribution in [0.2, 0.25) is 0 Å². The number of hydrogen-bond acceptors (Lipinski definition) is 3. The van der Waals surface area contributed by atoms with Crippen LogP contribution >= 0.6 is 0 Å². The second kappa shape index (κ2) is 4.88. The van der Waals surface area contributed by atoms with Crippen LogP contribution in [0.4, 0.5) is 0 Å². The highest BCUT2D eigenvalue weighted by atomic mass is 16.2. The first kappa shape index (κ1) is 13.2. The fourth-order valence-corrected chi connectivity index (χ4v) is 4.08. The average Bonchev–Trinajstić information content (AvgIpc) is 3.39. The normalized spacial score (nSPS) is 25.3. The summed E-state index contributed by atoms with van der Waals surface area (Å²) < 4.78 is 0. The van der Waals surface area contributed by atoms with Crippen LogP contribution in [0.5, 0.6) is 0 Å². The van der Waals surface area contributed by atoms with Gasteiger partial charge in [-0.15, -0.1) is 0 Å². The van der Waals surface area contributed by atoms with Gasteiger partial charge in [-0.3, -0.25) is 4.79 Å². The fourth-order valence-electron chi connectivity index (χ4n) is 4.08. The molecule has 4 nitrogen and oxygen atoms in total. The van der Waals surface area contributed by atoms with E-state index >= 15 is 0 Å². The molecule has 2 aromatic rings. The summed E-state index contributed by atoms with van der Waals surface area (Å²) in [6.45, 7) is 0. The van der Waals surface area contributed by atoms with Gasteiger partial charge >= 0.3 is 0 Å². The molecule has 1 saturated heterocycles. The molecule has 0 N–H and O–H groups in total. The molecule has 116 valence electrons. The third kappa shape index (κ3) is 2.08. The number of rotatable bonds is 2. The van der Waals surface area contributed by atoms with Crippen molar-refractivity contribution in [1.29, 1.82) is 0 Å². The minimum absolute atomic E-state index is 0.210. The number of hydrogen-bond donors (Lipinski definition) is 0. The summed E-state index contributed by atoms with van der Waals surface area (Å²) in [4.78, 5) is 24.2. The van der Waals surface area contributed by atoms with E-state index in [1.54, 1.807) is 0 Å². The average molecular weight is 305 g/mol. The molecule has 0 radical (unpaired) electrons. The second-order valence-electron chi connectivity index (χ2n) is 6.93. The highest BCUT2D eigenvalue weighted by Gasteiger charge is 2.47. The van der Waals surface area contributed by atoms with E-state index in [1.165, 1.54) is 5.56 Å². The van der Waals surface area contributed by atoms with Crippen LogP contribution in [-0.4, -0.2) is 26.8 Å². The molecule has 2 fully saturated rings. The fraction of sp³-hybridized carbons (Fsp3) is 0.421. The maximum atomic E-state index is 12.6. The zero-order valence-corrected chi connectivity index (χ0v) is 13.0. The molecule has 2 aliphatic heterocycles. The number of carbonyl (C=O) groups excluding carboxylic acids is 1. The monoisotopic (exact) mass is 305 g/mol. The van der Waals surface area contributed by atoms with Crippen LogP contribution in [0.15, 0.2) is 36.5 Å². The Morgan fingerprint density at radius 3 is 2.70 bits per heavy atom. The van der Waals surface area contributed by atoms with E-state index in [9.17, 15) is 4.79 Å². The summed E-state index contributed by atoms with van der Waals surface area (Å²) in [6.07, 6.45) is 7.15. The molecule has 3 aliphatic rings. The van der Waals surface area contributed by atoms with Gasteiger partial charge in [0, 0.05) is 35.7 Å². The maximum Gasteiger partial charge on any atom is 0.226 e. The molecule has 2 unspecified atom stereocenters. The predicted molar refractivity (Wildman–Crippen MR) is 86.5 cm³/mol.